The molecule has 0 bridgehead atoms. The van der Waals surface area contributed by atoms with Crippen molar-refractivity contribution in [3.8, 4) is 5.75 Å². The first-order valence-corrected chi connectivity index (χ1v) is 6.43. The number of rotatable bonds is 4. The number of aromatic nitrogens is 1. The van der Waals surface area contributed by atoms with Crippen LogP contribution in [0.25, 0.3) is 11.1 Å². The zero-order valence-electron chi connectivity index (χ0n) is 11.1. The Morgan fingerprint density at radius 2 is 2.05 bits per heavy atom. The standard InChI is InChI=1S/C16H15NO3/c1-19-12-6-4-5-11(9-12)14(18)10-16-17-13-7-2-3-8-15(13)20-16/h2-9,14,18H,10H2,1H3. The molecule has 0 fully saturated rings. The molecule has 3 rings (SSSR count). The highest BCUT2D eigenvalue weighted by molar-refractivity contribution is 5.72. The predicted octanol–water partition coefficient (Wildman–Crippen LogP) is 3.11. The van der Waals surface area contributed by atoms with Gasteiger partial charge in [-0.3, -0.25) is 0 Å². The number of aliphatic hydroxyl groups excluding tert-OH is 1. The molecule has 0 amide bonds. The normalized spacial score (nSPS) is 12.5. The van der Waals surface area contributed by atoms with E-state index in [1.165, 1.54) is 0 Å². The summed E-state index contributed by atoms with van der Waals surface area (Å²) >= 11 is 0. The van der Waals surface area contributed by atoms with Crippen molar-refractivity contribution in [2.45, 2.75) is 12.5 Å². The van der Waals surface area contributed by atoms with Crippen LogP contribution in [0.15, 0.2) is 52.9 Å². The van der Waals surface area contributed by atoms with Crippen LogP contribution in [0.1, 0.15) is 17.6 Å². The molecule has 1 aromatic heterocycles. The molecule has 102 valence electrons. The molecule has 0 saturated heterocycles. The van der Waals surface area contributed by atoms with Gasteiger partial charge in [0.05, 0.1) is 19.6 Å². The van der Waals surface area contributed by atoms with Gasteiger partial charge in [-0.1, -0.05) is 24.3 Å². The van der Waals surface area contributed by atoms with E-state index < -0.39 is 6.10 Å². The maximum Gasteiger partial charge on any atom is 0.198 e. The fourth-order valence-electron chi connectivity index (χ4n) is 2.14. The van der Waals surface area contributed by atoms with E-state index in [1.54, 1.807) is 7.11 Å². The highest BCUT2D eigenvalue weighted by Crippen LogP contribution is 2.23. The molecule has 1 unspecified atom stereocenters. The lowest BCUT2D eigenvalue weighted by molar-refractivity contribution is 0.169. The van der Waals surface area contributed by atoms with Crippen molar-refractivity contribution in [2.75, 3.05) is 7.11 Å². The minimum absolute atomic E-state index is 0.335. The van der Waals surface area contributed by atoms with E-state index in [1.807, 2.05) is 48.5 Å². The third kappa shape index (κ3) is 2.51. The summed E-state index contributed by atoms with van der Waals surface area (Å²) in [7, 11) is 1.60. The Morgan fingerprint density at radius 1 is 1.20 bits per heavy atom. The first kappa shape index (κ1) is 12.7. The molecule has 0 aliphatic heterocycles. The van der Waals surface area contributed by atoms with Crippen molar-refractivity contribution in [3.05, 3.63) is 60.0 Å². The highest BCUT2D eigenvalue weighted by atomic mass is 16.5. The number of nitrogens with zero attached hydrogens (tertiary/aromatic N) is 1. The zero-order chi connectivity index (χ0) is 13.9. The molecule has 1 N–H and O–H groups in total. The molecule has 1 atom stereocenters. The summed E-state index contributed by atoms with van der Waals surface area (Å²) in [5.41, 5.74) is 2.33. The number of aliphatic hydroxyl groups is 1. The molecular weight excluding hydrogens is 254 g/mol. The second-order valence-electron chi connectivity index (χ2n) is 4.57. The Morgan fingerprint density at radius 3 is 2.85 bits per heavy atom. The lowest BCUT2D eigenvalue weighted by Crippen LogP contribution is -2.02. The van der Waals surface area contributed by atoms with Gasteiger partial charge in [0.25, 0.3) is 0 Å². The summed E-state index contributed by atoms with van der Waals surface area (Å²) < 4.78 is 10.8. The second-order valence-corrected chi connectivity index (χ2v) is 4.57. The van der Waals surface area contributed by atoms with Crippen LogP contribution in [0, 0.1) is 0 Å². The zero-order valence-corrected chi connectivity index (χ0v) is 11.1. The number of hydrogen-bond donors (Lipinski definition) is 1. The third-order valence-corrected chi connectivity index (χ3v) is 3.18. The SMILES string of the molecule is COc1cccc(C(O)Cc2nc3ccccc3o2)c1. The van der Waals surface area contributed by atoms with Crippen LogP contribution < -0.4 is 4.74 Å². The molecule has 0 spiro atoms. The number of oxazole rings is 1. The van der Waals surface area contributed by atoms with Crippen molar-refractivity contribution < 1.29 is 14.3 Å². The maximum absolute atomic E-state index is 10.3. The van der Waals surface area contributed by atoms with Crippen molar-refractivity contribution in [2.24, 2.45) is 0 Å². The number of para-hydroxylation sites is 2. The van der Waals surface area contributed by atoms with Crippen LogP contribution in [0.2, 0.25) is 0 Å². The van der Waals surface area contributed by atoms with Crippen molar-refractivity contribution in [1.82, 2.24) is 4.98 Å². The lowest BCUT2D eigenvalue weighted by Gasteiger charge is -2.09. The van der Waals surface area contributed by atoms with Crippen LogP contribution in [-0.4, -0.2) is 17.2 Å². The summed E-state index contributed by atoms with van der Waals surface area (Å²) in [4.78, 5) is 4.36. The van der Waals surface area contributed by atoms with Crippen LogP contribution in [0.5, 0.6) is 5.75 Å². The second kappa shape index (κ2) is 5.35. The van der Waals surface area contributed by atoms with E-state index in [4.69, 9.17) is 9.15 Å². The molecule has 3 aromatic rings. The topological polar surface area (TPSA) is 55.5 Å². The lowest BCUT2D eigenvalue weighted by atomic mass is 10.1. The molecule has 4 heteroatoms. The predicted molar refractivity (Wildman–Crippen MR) is 75.7 cm³/mol. The molecule has 4 nitrogen and oxygen atoms in total. The van der Waals surface area contributed by atoms with Gasteiger partial charge in [-0.2, -0.15) is 0 Å². The van der Waals surface area contributed by atoms with Crippen LogP contribution in [0.4, 0.5) is 0 Å². The molecule has 0 aliphatic carbocycles. The Labute approximate surface area is 116 Å². The van der Waals surface area contributed by atoms with E-state index in [-0.39, 0.29) is 0 Å². The molecule has 1 heterocycles. The smallest absolute Gasteiger partial charge is 0.198 e. The van der Waals surface area contributed by atoms with Gasteiger partial charge in [0.2, 0.25) is 0 Å². The monoisotopic (exact) mass is 269 g/mol. The summed E-state index contributed by atoms with van der Waals surface area (Å²) in [6.07, 6.45) is -0.333. The average Bonchev–Trinajstić information content (AvgIpc) is 2.89. The third-order valence-electron chi connectivity index (χ3n) is 3.18. The van der Waals surface area contributed by atoms with Crippen LogP contribution >= 0.6 is 0 Å². The Kier molecular flexibility index (Phi) is 3.39. The van der Waals surface area contributed by atoms with E-state index in [0.29, 0.717) is 12.3 Å². The minimum Gasteiger partial charge on any atom is -0.497 e. The van der Waals surface area contributed by atoms with E-state index >= 15 is 0 Å². The van der Waals surface area contributed by atoms with Crippen molar-refractivity contribution in [1.29, 1.82) is 0 Å². The molecule has 0 radical (unpaired) electrons. The molecule has 0 aliphatic rings. The fourth-order valence-corrected chi connectivity index (χ4v) is 2.14. The van der Waals surface area contributed by atoms with Gasteiger partial charge in [-0.25, -0.2) is 4.98 Å². The highest BCUT2D eigenvalue weighted by Gasteiger charge is 2.14. The van der Waals surface area contributed by atoms with Gasteiger partial charge >= 0.3 is 0 Å². The summed E-state index contributed by atoms with van der Waals surface area (Å²) in [6, 6.07) is 14.9. The van der Waals surface area contributed by atoms with Gasteiger partial charge in [0, 0.05) is 0 Å². The summed E-state index contributed by atoms with van der Waals surface area (Å²) in [5.74, 6) is 1.25. The van der Waals surface area contributed by atoms with Gasteiger partial charge in [0.15, 0.2) is 11.5 Å². The van der Waals surface area contributed by atoms with E-state index in [0.717, 1.165) is 22.4 Å². The van der Waals surface area contributed by atoms with Gasteiger partial charge in [0.1, 0.15) is 11.3 Å². The minimum atomic E-state index is -0.668. The van der Waals surface area contributed by atoms with Gasteiger partial charge in [-0.05, 0) is 29.8 Å². The number of fused-ring (bicyclic) bond motifs is 1. The van der Waals surface area contributed by atoms with Crippen molar-refractivity contribution >= 4 is 11.1 Å². The Balaban J connectivity index is 1.82. The average molecular weight is 269 g/mol. The number of ether oxygens (including phenoxy) is 1. The van der Waals surface area contributed by atoms with E-state index in [2.05, 4.69) is 4.98 Å². The van der Waals surface area contributed by atoms with Crippen LogP contribution in [0.3, 0.4) is 0 Å². The van der Waals surface area contributed by atoms with Gasteiger partial charge in [-0.15, -0.1) is 0 Å². The van der Waals surface area contributed by atoms with Crippen molar-refractivity contribution in [3.63, 3.8) is 0 Å². The summed E-state index contributed by atoms with van der Waals surface area (Å²) in [5, 5.41) is 10.3. The van der Waals surface area contributed by atoms with E-state index in [9.17, 15) is 5.11 Å². The van der Waals surface area contributed by atoms with Crippen LogP contribution in [-0.2, 0) is 6.42 Å². The maximum atomic E-state index is 10.3. The first-order chi connectivity index (χ1) is 9.76. The Bertz CT molecular complexity index is 687. The largest absolute Gasteiger partial charge is 0.497 e. The summed E-state index contributed by atoms with van der Waals surface area (Å²) in [6.45, 7) is 0. The molecule has 0 saturated carbocycles. The quantitative estimate of drug-likeness (QED) is 0.790. The van der Waals surface area contributed by atoms with Gasteiger partial charge < -0.3 is 14.3 Å². The number of hydrogen-bond acceptors (Lipinski definition) is 4. The Hall–Kier alpha value is -2.33. The molecule has 2 aromatic carbocycles. The first-order valence-electron chi connectivity index (χ1n) is 6.43. The molecule has 20 heavy (non-hydrogen) atoms. The molecular formula is C16H15NO3. The number of benzene rings is 2. The fraction of sp³-hybridized carbons (Fsp3) is 0.188. The number of methoxy groups -OCH3 is 1.